The van der Waals surface area contributed by atoms with Gasteiger partial charge in [0.15, 0.2) is 15.7 Å². The third-order valence-electron chi connectivity index (χ3n) is 1.89. The minimum atomic E-state index is -2.92. The number of hydrogen-bond donors (Lipinski definition) is 0. The van der Waals surface area contributed by atoms with E-state index in [0.29, 0.717) is 18.1 Å². The third-order valence-corrected chi connectivity index (χ3v) is 3.41. The molecule has 0 fully saturated rings. The van der Waals surface area contributed by atoms with Crippen LogP contribution in [0.4, 0.5) is 0 Å². The fourth-order valence-electron chi connectivity index (χ4n) is 1.34. The second kappa shape index (κ2) is 2.32. The number of fused-ring (bicyclic) bond motifs is 1. The number of nitrogens with zero attached hydrogens (tertiary/aromatic N) is 1. The fraction of sp³-hybridized carbons (Fsp3) is 0.571. The maximum Gasteiger partial charge on any atom is 0.191 e. The van der Waals surface area contributed by atoms with E-state index in [4.69, 9.17) is 4.42 Å². The Labute approximate surface area is 70.5 Å². The van der Waals surface area contributed by atoms with Gasteiger partial charge in [-0.15, -0.1) is 0 Å². The first-order valence-electron chi connectivity index (χ1n) is 3.72. The standard InChI is InChI=1S/C7H9NO3S/c1-5-8-6-2-3-12(9,10)4-7(6)11-5/h2-4H2,1H3. The molecule has 5 heteroatoms. The normalized spacial score (nSPS) is 20.4. The molecule has 66 valence electrons. The van der Waals surface area contributed by atoms with Gasteiger partial charge in [-0.2, -0.15) is 0 Å². The van der Waals surface area contributed by atoms with Crippen molar-refractivity contribution in [1.82, 2.24) is 4.98 Å². The summed E-state index contributed by atoms with van der Waals surface area (Å²) >= 11 is 0. The molecule has 1 aromatic heterocycles. The fourth-order valence-corrected chi connectivity index (χ4v) is 2.62. The Morgan fingerprint density at radius 2 is 2.25 bits per heavy atom. The molecule has 0 unspecified atom stereocenters. The van der Waals surface area contributed by atoms with Crippen molar-refractivity contribution in [3.63, 3.8) is 0 Å². The zero-order valence-electron chi connectivity index (χ0n) is 6.70. The van der Waals surface area contributed by atoms with Gasteiger partial charge >= 0.3 is 0 Å². The lowest BCUT2D eigenvalue weighted by molar-refractivity contribution is 0.482. The maximum absolute atomic E-state index is 11.1. The largest absolute Gasteiger partial charge is 0.445 e. The van der Waals surface area contributed by atoms with Crippen LogP contribution in [0.25, 0.3) is 0 Å². The minimum Gasteiger partial charge on any atom is -0.445 e. The molecule has 1 aromatic rings. The Balaban J connectivity index is 2.47. The van der Waals surface area contributed by atoms with Crippen LogP contribution in [0.2, 0.25) is 0 Å². The molecule has 0 bridgehead atoms. The van der Waals surface area contributed by atoms with E-state index >= 15 is 0 Å². The number of sulfone groups is 1. The van der Waals surface area contributed by atoms with E-state index in [2.05, 4.69) is 4.98 Å². The Morgan fingerprint density at radius 3 is 3.00 bits per heavy atom. The van der Waals surface area contributed by atoms with Gasteiger partial charge < -0.3 is 4.42 Å². The first kappa shape index (κ1) is 7.79. The van der Waals surface area contributed by atoms with Crippen molar-refractivity contribution in [3.8, 4) is 0 Å². The number of aryl methyl sites for hydroxylation is 2. The van der Waals surface area contributed by atoms with Crippen LogP contribution in [0.3, 0.4) is 0 Å². The summed E-state index contributed by atoms with van der Waals surface area (Å²) in [6.45, 7) is 1.73. The van der Waals surface area contributed by atoms with Gasteiger partial charge in [0.2, 0.25) is 0 Å². The highest BCUT2D eigenvalue weighted by molar-refractivity contribution is 7.90. The van der Waals surface area contributed by atoms with Gasteiger partial charge in [0, 0.05) is 13.3 Å². The van der Waals surface area contributed by atoms with E-state index in [1.807, 2.05) is 0 Å². The molecule has 0 spiro atoms. The number of aromatic nitrogens is 1. The molecular weight excluding hydrogens is 178 g/mol. The summed E-state index contributed by atoms with van der Waals surface area (Å²) in [5.74, 6) is 1.30. The minimum absolute atomic E-state index is 0.0170. The first-order chi connectivity index (χ1) is 5.57. The van der Waals surface area contributed by atoms with Crippen molar-refractivity contribution in [2.45, 2.75) is 19.1 Å². The van der Waals surface area contributed by atoms with E-state index in [-0.39, 0.29) is 11.5 Å². The number of oxazole rings is 1. The molecule has 1 aliphatic heterocycles. The molecule has 0 aromatic carbocycles. The Hall–Kier alpha value is -0.840. The SMILES string of the molecule is Cc1nc2c(o1)CS(=O)(=O)CC2. The van der Waals surface area contributed by atoms with Crippen LogP contribution < -0.4 is 0 Å². The monoisotopic (exact) mass is 187 g/mol. The van der Waals surface area contributed by atoms with Gasteiger partial charge in [-0.3, -0.25) is 0 Å². The molecule has 0 N–H and O–H groups in total. The van der Waals surface area contributed by atoms with Gasteiger partial charge in [-0.1, -0.05) is 0 Å². The van der Waals surface area contributed by atoms with Crippen LogP contribution in [0.15, 0.2) is 4.42 Å². The lowest BCUT2D eigenvalue weighted by Crippen LogP contribution is -2.17. The van der Waals surface area contributed by atoms with Crippen molar-refractivity contribution >= 4 is 9.84 Å². The smallest absolute Gasteiger partial charge is 0.191 e. The summed E-state index contributed by atoms with van der Waals surface area (Å²) in [5.41, 5.74) is 0.808. The molecule has 0 saturated carbocycles. The van der Waals surface area contributed by atoms with Crippen LogP contribution in [-0.2, 0) is 22.0 Å². The average molecular weight is 187 g/mol. The van der Waals surface area contributed by atoms with Crippen LogP contribution in [-0.4, -0.2) is 19.2 Å². The van der Waals surface area contributed by atoms with Gasteiger partial charge in [-0.25, -0.2) is 13.4 Å². The number of rotatable bonds is 0. The zero-order valence-corrected chi connectivity index (χ0v) is 7.52. The summed E-state index contributed by atoms with van der Waals surface area (Å²) in [6.07, 6.45) is 0.495. The lowest BCUT2D eigenvalue weighted by Gasteiger charge is -2.07. The Morgan fingerprint density at radius 1 is 1.50 bits per heavy atom. The lowest BCUT2D eigenvalue weighted by atomic mass is 10.3. The van der Waals surface area contributed by atoms with Crippen LogP contribution in [0, 0.1) is 6.92 Å². The number of hydrogen-bond acceptors (Lipinski definition) is 4. The summed E-state index contributed by atoms with van der Waals surface area (Å²) in [6, 6.07) is 0. The van der Waals surface area contributed by atoms with Gasteiger partial charge in [0.25, 0.3) is 0 Å². The molecule has 12 heavy (non-hydrogen) atoms. The third kappa shape index (κ3) is 1.24. The van der Waals surface area contributed by atoms with Crippen molar-refractivity contribution in [1.29, 1.82) is 0 Å². The molecule has 0 radical (unpaired) electrons. The molecule has 0 amide bonds. The van der Waals surface area contributed by atoms with Crippen LogP contribution >= 0.6 is 0 Å². The zero-order chi connectivity index (χ0) is 8.77. The molecular formula is C7H9NO3S. The molecule has 1 aliphatic rings. The van der Waals surface area contributed by atoms with Gasteiger partial charge in [0.1, 0.15) is 11.5 Å². The molecule has 0 atom stereocenters. The van der Waals surface area contributed by atoms with Crippen LogP contribution in [0.1, 0.15) is 17.3 Å². The summed E-state index contributed by atoms with van der Waals surface area (Å²) < 4.78 is 27.4. The highest BCUT2D eigenvalue weighted by Crippen LogP contribution is 2.20. The Kier molecular flexibility index (Phi) is 1.51. The van der Waals surface area contributed by atoms with Gasteiger partial charge in [0.05, 0.1) is 11.4 Å². The highest BCUT2D eigenvalue weighted by Gasteiger charge is 2.25. The van der Waals surface area contributed by atoms with E-state index < -0.39 is 9.84 Å². The average Bonchev–Trinajstić information content (AvgIpc) is 2.26. The first-order valence-corrected chi connectivity index (χ1v) is 5.54. The second-order valence-electron chi connectivity index (χ2n) is 2.94. The van der Waals surface area contributed by atoms with E-state index in [1.165, 1.54) is 0 Å². The quantitative estimate of drug-likeness (QED) is 0.591. The summed E-state index contributed by atoms with van der Waals surface area (Å²) in [4.78, 5) is 4.09. The Bertz CT molecular complexity index is 404. The molecule has 0 aliphatic carbocycles. The summed E-state index contributed by atoms with van der Waals surface area (Å²) in [7, 11) is -2.92. The predicted octanol–water partition coefficient (Wildman–Crippen LogP) is 0.454. The predicted molar refractivity (Wildman–Crippen MR) is 42.4 cm³/mol. The molecule has 0 saturated heterocycles. The van der Waals surface area contributed by atoms with Crippen molar-refractivity contribution in [2.75, 3.05) is 5.75 Å². The van der Waals surface area contributed by atoms with Crippen molar-refractivity contribution in [3.05, 3.63) is 17.3 Å². The topological polar surface area (TPSA) is 60.2 Å². The summed E-state index contributed by atoms with van der Waals surface area (Å²) in [5, 5.41) is 0. The van der Waals surface area contributed by atoms with Crippen molar-refractivity contribution in [2.24, 2.45) is 0 Å². The van der Waals surface area contributed by atoms with E-state index in [9.17, 15) is 8.42 Å². The second-order valence-corrected chi connectivity index (χ2v) is 5.13. The van der Waals surface area contributed by atoms with Crippen molar-refractivity contribution < 1.29 is 12.8 Å². The molecule has 4 nitrogen and oxygen atoms in total. The van der Waals surface area contributed by atoms with Gasteiger partial charge in [-0.05, 0) is 0 Å². The van der Waals surface area contributed by atoms with E-state index in [1.54, 1.807) is 6.92 Å². The molecule has 2 heterocycles. The highest BCUT2D eigenvalue weighted by atomic mass is 32.2. The van der Waals surface area contributed by atoms with Crippen LogP contribution in [0.5, 0.6) is 0 Å². The van der Waals surface area contributed by atoms with E-state index in [0.717, 1.165) is 5.69 Å². The maximum atomic E-state index is 11.1. The molecule has 2 rings (SSSR count).